The molecule has 0 saturated carbocycles. The van der Waals surface area contributed by atoms with Gasteiger partial charge in [0.25, 0.3) is 0 Å². The molecule has 162 valence electrons. The largest absolute Gasteiger partial charge is 0.355 e. The number of aromatic nitrogens is 3. The molecule has 5 rings (SSSR count). The second-order valence-electron chi connectivity index (χ2n) is 9.17. The summed E-state index contributed by atoms with van der Waals surface area (Å²) in [4.78, 5) is 12.6. The molecule has 4 nitrogen and oxygen atoms in total. The number of nitrogens with zero attached hydrogens (tertiary/aromatic N) is 3. The van der Waals surface area contributed by atoms with Gasteiger partial charge in [0, 0.05) is 22.3 Å². The zero-order valence-electron chi connectivity index (χ0n) is 19.1. The third kappa shape index (κ3) is 4.20. The minimum atomic E-state index is 0.0705. The average molecular weight is 431 g/mol. The van der Waals surface area contributed by atoms with Crippen LogP contribution in [-0.4, -0.2) is 15.0 Å². The molecule has 0 bridgehead atoms. The van der Waals surface area contributed by atoms with Crippen molar-refractivity contribution in [1.29, 1.82) is 0 Å². The van der Waals surface area contributed by atoms with Gasteiger partial charge in [0.15, 0.2) is 5.82 Å². The van der Waals surface area contributed by atoms with Gasteiger partial charge in [-0.2, -0.15) is 0 Å². The summed E-state index contributed by atoms with van der Waals surface area (Å²) in [5.74, 6) is 0.675. The Morgan fingerprint density at radius 1 is 0.667 bits per heavy atom. The number of benzene rings is 4. The van der Waals surface area contributed by atoms with E-state index in [0.717, 1.165) is 27.7 Å². The SMILES string of the molecule is CC(C)(C)c1ccccc1-c1cccc(Nc2cccc3c(-c4ncncn4)cccc23)c1. The predicted molar refractivity (Wildman–Crippen MR) is 137 cm³/mol. The van der Waals surface area contributed by atoms with Crippen LogP contribution in [0.4, 0.5) is 11.4 Å². The lowest BCUT2D eigenvalue weighted by atomic mass is 9.82. The first-order chi connectivity index (χ1) is 16.0. The second-order valence-corrected chi connectivity index (χ2v) is 9.17. The molecule has 1 heterocycles. The number of anilines is 2. The monoisotopic (exact) mass is 430 g/mol. The van der Waals surface area contributed by atoms with Crippen molar-refractivity contribution >= 4 is 22.1 Å². The quantitative estimate of drug-likeness (QED) is 0.323. The van der Waals surface area contributed by atoms with Crippen LogP contribution in [0.2, 0.25) is 0 Å². The van der Waals surface area contributed by atoms with Crippen molar-refractivity contribution in [3.8, 4) is 22.5 Å². The fraction of sp³-hybridized carbons (Fsp3) is 0.138. The molecule has 0 amide bonds. The fourth-order valence-corrected chi connectivity index (χ4v) is 4.30. The van der Waals surface area contributed by atoms with Crippen LogP contribution in [0.25, 0.3) is 33.3 Å². The van der Waals surface area contributed by atoms with Gasteiger partial charge in [0.2, 0.25) is 0 Å². The third-order valence-electron chi connectivity index (χ3n) is 5.84. The van der Waals surface area contributed by atoms with Crippen molar-refractivity contribution in [3.63, 3.8) is 0 Å². The zero-order valence-corrected chi connectivity index (χ0v) is 19.1. The molecule has 5 aromatic rings. The van der Waals surface area contributed by atoms with E-state index in [1.807, 2.05) is 12.1 Å². The molecular weight excluding hydrogens is 404 g/mol. The smallest absolute Gasteiger partial charge is 0.163 e. The average Bonchev–Trinajstić information content (AvgIpc) is 2.84. The summed E-state index contributed by atoms with van der Waals surface area (Å²) in [7, 11) is 0. The van der Waals surface area contributed by atoms with E-state index in [1.54, 1.807) is 0 Å². The Labute approximate surface area is 194 Å². The van der Waals surface area contributed by atoms with E-state index < -0.39 is 0 Å². The maximum atomic E-state index is 4.34. The van der Waals surface area contributed by atoms with E-state index in [1.165, 1.54) is 29.3 Å². The lowest BCUT2D eigenvalue weighted by Crippen LogP contribution is -2.12. The van der Waals surface area contributed by atoms with E-state index in [2.05, 4.69) is 114 Å². The highest BCUT2D eigenvalue weighted by Crippen LogP contribution is 2.36. The maximum Gasteiger partial charge on any atom is 0.163 e. The topological polar surface area (TPSA) is 50.7 Å². The molecule has 0 saturated heterocycles. The fourth-order valence-electron chi connectivity index (χ4n) is 4.30. The Bertz CT molecular complexity index is 1420. The number of hydrogen-bond donors (Lipinski definition) is 1. The summed E-state index contributed by atoms with van der Waals surface area (Å²) >= 11 is 0. The molecule has 4 heteroatoms. The minimum absolute atomic E-state index is 0.0705. The van der Waals surface area contributed by atoms with Gasteiger partial charge in [-0.05, 0) is 45.7 Å². The van der Waals surface area contributed by atoms with Crippen LogP contribution in [-0.2, 0) is 5.41 Å². The summed E-state index contributed by atoms with van der Waals surface area (Å²) in [5.41, 5.74) is 6.97. The first kappa shape index (κ1) is 20.8. The summed E-state index contributed by atoms with van der Waals surface area (Å²) < 4.78 is 0. The summed E-state index contributed by atoms with van der Waals surface area (Å²) in [6.07, 6.45) is 3.06. The van der Waals surface area contributed by atoms with Crippen molar-refractivity contribution in [2.24, 2.45) is 0 Å². The highest BCUT2D eigenvalue weighted by Gasteiger charge is 2.18. The maximum absolute atomic E-state index is 4.34. The molecule has 0 aliphatic carbocycles. The van der Waals surface area contributed by atoms with E-state index in [0.29, 0.717) is 5.82 Å². The highest BCUT2D eigenvalue weighted by molar-refractivity contribution is 6.03. The number of nitrogens with one attached hydrogen (secondary N) is 1. The molecule has 0 aliphatic heterocycles. The van der Waals surface area contributed by atoms with E-state index >= 15 is 0 Å². The molecule has 0 spiro atoms. The van der Waals surface area contributed by atoms with Crippen LogP contribution in [0.15, 0.2) is 97.6 Å². The minimum Gasteiger partial charge on any atom is -0.355 e. The lowest BCUT2D eigenvalue weighted by Gasteiger charge is -2.23. The first-order valence-electron chi connectivity index (χ1n) is 11.1. The van der Waals surface area contributed by atoms with Gasteiger partial charge in [-0.1, -0.05) is 87.5 Å². The summed E-state index contributed by atoms with van der Waals surface area (Å²) in [6, 6.07) is 29.8. The second kappa shape index (κ2) is 8.47. The van der Waals surface area contributed by atoms with Crippen molar-refractivity contribution in [2.45, 2.75) is 26.2 Å². The van der Waals surface area contributed by atoms with Crippen molar-refractivity contribution in [2.75, 3.05) is 5.32 Å². The van der Waals surface area contributed by atoms with E-state index in [-0.39, 0.29) is 5.41 Å². The number of rotatable bonds is 4. The van der Waals surface area contributed by atoms with Crippen LogP contribution in [0.5, 0.6) is 0 Å². The highest BCUT2D eigenvalue weighted by atomic mass is 15.0. The molecule has 0 radical (unpaired) electrons. The van der Waals surface area contributed by atoms with Gasteiger partial charge in [0.1, 0.15) is 12.7 Å². The van der Waals surface area contributed by atoms with Crippen LogP contribution in [0, 0.1) is 0 Å². The standard InChI is InChI=1S/C29H26N4/c1-29(2,3)26-15-5-4-11-22(26)20-9-6-10-21(17-20)33-27-16-8-12-23-24(27)13-7-14-25(23)28-31-18-30-19-32-28/h4-19,33H,1-3H3. The van der Waals surface area contributed by atoms with Gasteiger partial charge in [-0.15, -0.1) is 0 Å². The van der Waals surface area contributed by atoms with E-state index in [4.69, 9.17) is 0 Å². The molecule has 1 aromatic heterocycles. The molecule has 0 fully saturated rings. The van der Waals surface area contributed by atoms with Crippen LogP contribution in [0.1, 0.15) is 26.3 Å². The summed E-state index contributed by atoms with van der Waals surface area (Å²) in [6.45, 7) is 6.77. The van der Waals surface area contributed by atoms with Crippen molar-refractivity contribution in [3.05, 3.63) is 103 Å². The Balaban J connectivity index is 1.55. The van der Waals surface area contributed by atoms with E-state index in [9.17, 15) is 0 Å². The van der Waals surface area contributed by atoms with Crippen LogP contribution < -0.4 is 5.32 Å². The van der Waals surface area contributed by atoms with Crippen molar-refractivity contribution in [1.82, 2.24) is 15.0 Å². The Morgan fingerprint density at radius 3 is 2.18 bits per heavy atom. The first-order valence-corrected chi connectivity index (χ1v) is 11.1. The van der Waals surface area contributed by atoms with Gasteiger partial charge >= 0.3 is 0 Å². The summed E-state index contributed by atoms with van der Waals surface area (Å²) in [5, 5.41) is 5.86. The predicted octanol–water partition coefficient (Wildman–Crippen LogP) is 7.40. The molecule has 33 heavy (non-hydrogen) atoms. The van der Waals surface area contributed by atoms with Crippen LogP contribution >= 0.6 is 0 Å². The molecular formula is C29H26N4. The Kier molecular flexibility index (Phi) is 5.35. The van der Waals surface area contributed by atoms with Crippen molar-refractivity contribution < 1.29 is 0 Å². The lowest BCUT2D eigenvalue weighted by molar-refractivity contribution is 0.592. The zero-order chi connectivity index (χ0) is 22.8. The molecule has 0 unspecified atom stereocenters. The van der Waals surface area contributed by atoms with Gasteiger partial charge < -0.3 is 5.32 Å². The number of fused-ring (bicyclic) bond motifs is 1. The van der Waals surface area contributed by atoms with Gasteiger partial charge in [-0.3, -0.25) is 0 Å². The van der Waals surface area contributed by atoms with Crippen LogP contribution in [0.3, 0.4) is 0 Å². The molecule has 0 aliphatic rings. The molecule has 0 atom stereocenters. The molecule has 4 aromatic carbocycles. The van der Waals surface area contributed by atoms with Gasteiger partial charge in [-0.25, -0.2) is 15.0 Å². The normalized spacial score (nSPS) is 11.5. The number of hydrogen-bond acceptors (Lipinski definition) is 4. The van der Waals surface area contributed by atoms with Gasteiger partial charge in [0.05, 0.1) is 0 Å². The Morgan fingerprint density at radius 2 is 1.36 bits per heavy atom. The molecule has 1 N–H and O–H groups in total. The Hall–Kier alpha value is -4.05. The third-order valence-corrected chi connectivity index (χ3v) is 5.84.